The van der Waals surface area contributed by atoms with Crippen LogP contribution in [0.15, 0.2) is 78.9 Å². The number of halogens is 2. The molecule has 7 aliphatic heterocycles. The number of aliphatic hydroxyl groups is 6. The van der Waals surface area contributed by atoms with Gasteiger partial charge in [0, 0.05) is 73.0 Å². The third-order valence-electron chi connectivity index (χ3n) is 20.0. The van der Waals surface area contributed by atoms with Gasteiger partial charge in [-0.05, 0) is 109 Å². The zero-order valence-electron chi connectivity index (χ0n) is 60.3. The van der Waals surface area contributed by atoms with Crippen LogP contribution in [0.5, 0.6) is 46.0 Å². The Kier molecular flexibility index (Phi) is 26.4. The number of ketones is 2. The van der Waals surface area contributed by atoms with E-state index >= 15 is 14.4 Å². The van der Waals surface area contributed by atoms with Crippen LogP contribution in [0.3, 0.4) is 0 Å². The minimum Gasteiger partial charge on any atom is -0.508 e. The molecule has 5 aromatic carbocycles. The molecule has 7 aliphatic rings. The lowest BCUT2D eigenvalue weighted by Gasteiger charge is -2.48. The highest BCUT2D eigenvalue weighted by Gasteiger charge is 2.52. The second kappa shape index (κ2) is 34.9. The van der Waals surface area contributed by atoms with Crippen LogP contribution in [0, 0.1) is 17.8 Å². The van der Waals surface area contributed by atoms with Crippen molar-refractivity contribution in [1.29, 1.82) is 0 Å². The number of aliphatic hydroxyl groups excluding tert-OH is 6. The molecule has 15 unspecified atom stereocenters. The fourth-order valence-corrected chi connectivity index (χ4v) is 14.6. The van der Waals surface area contributed by atoms with E-state index in [2.05, 4.69) is 26.6 Å². The van der Waals surface area contributed by atoms with Gasteiger partial charge in [-0.15, -0.1) is 0 Å². The van der Waals surface area contributed by atoms with Crippen LogP contribution >= 0.6 is 23.2 Å². The van der Waals surface area contributed by atoms with Gasteiger partial charge in [0.05, 0.1) is 40.7 Å². The molecule has 0 saturated carbocycles. The number of nitrogens with two attached hydrogens (primary N) is 1. The molecule has 594 valence electrons. The van der Waals surface area contributed by atoms with Crippen molar-refractivity contribution in [3.63, 3.8) is 0 Å². The fraction of sp³-hybridized carbons (Fsp3) is 0.480. The van der Waals surface area contributed by atoms with Gasteiger partial charge in [0.1, 0.15) is 77.4 Å². The van der Waals surface area contributed by atoms with Crippen LogP contribution in [-0.2, 0) is 62.1 Å². The normalized spacial score (nSPS) is 28.4. The van der Waals surface area contributed by atoms with E-state index in [4.69, 9.17) is 62.1 Å². The molecule has 2 fully saturated rings. The number of ether oxygens (including phenoxy) is 7. The summed E-state index contributed by atoms with van der Waals surface area (Å²) >= 11 is 14.2. The molecular weight excluding hydrogens is 1490 g/mol. The third-order valence-corrected chi connectivity index (χ3v) is 20.6. The number of carboxylic acid groups (broad SMARTS) is 2. The molecule has 110 heavy (non-hydrogen) atoms. The number of benzene rings is 5. The summed E-state index contributed by atoms with van der Waals surface area (Å²) in [4.78, 5) is 130. The Labute approximate surface area is 639 Å². The first-order chi connectivity index (χ1) is 52.0. The van der Waals surface area contributed by atoms with Crippen molar-refractivity contribution in [2.75, 3.05) is 19.8 Å². The molecular formula is C75H88Cl2N6O27. The molecule has 19 atom stereocenters. The minimum absolute atomic E-state index is 0.0369. The van der Waals surface area contributed by atoms with Gasteiger partial charge >= 0.3 is 11.9 Å². The lowest BCUT2D eigenvalue weighted by Crippen LogP contribution is -2.66. The lowest BCUT2D eigenvalue weighted by molar-refractivity contribution is -0.334. The number of Topliss-reactive ketones (excluding diaryl/α,β-unsaturated/α-hetero) is 2. The van der Waals surface area contributed by atoms with Gasteiger partial charge < -0.3 is 122 Å². The van der Waals surface area contributed by atoms with Gasteiger partial charge in [0.2, 0.25) is 41.6 Å². The predicted octanol–water partition coefficient (Wildman–Crippen LogP) is 4.03. The smallest absolute Gasteiger partial charge is 0.334 e. The minimum atomic E-state index is -2.27. The number of nitrogens with one attached hydrogen (secondary N) is 5. The first kappa shape index (κ1) is 83.1. The standard InChI is InChI=1S/C75H88Cl2N6O27/c1-7-8-15-104-52(72(100)101)28-79-75(6)27-55(105-32(5)67(75)95)109-66-64(94)63(93)53(29-84)108-74(66)110-65-50-21-36-22-51(65)107-49-14-11-35(19-43(49)77)62(92)60-71(99)81-58(73(102)103)41-24-38(85)25-45(87)56(41)40-17-33(9-12-44(40)86)39(70(98)83-60)26-47(89)57(36)80-69(97)37(23-54(78)90)20-46(88)59(82-68(96)31(4)16-30(2)3)61(91)34-10-13-48(106-50)42(76)18-34/h9-14,17-19,21-22,24-25,30-32,37,39,52-53,55,57-64,66-67,74,79,84-87,91-95H,7-8,15-16,20,23,26-29H2,1-6H3,(H2,78,90)(H,80,97)(H,81,99)(H,82,96)(H,83,98)(H,100,101)(H,102,103)/t31-,32?,37?,39?,52?,53?,55?,57?,58?,59-,60+,61?,62-,63?,64?,66?,67?,74?,75?/m1/s1. The van der Waals surface area contributed by atoms with Crippen molar-refractivity contribution in [1.82, 2.24) is 26.6 Å². The van der Waals surface area contributed by atoms with E-state index in [0.29, 0.717) is 19.3 Å². The van der Waals surface area contributed by atoms with Crippen LogP contribution < -0.4 is 46.5 Å². The number of hydrogen-bond acceptors (Lipinski definition) is 26. The van der Waals surface area contributed by atoms with Crippen molar-refractivity contribution >= 4 is 76.2 Å². The first-order valence-corrected chi connectivity index (χ1v) is 36.3. The van der Waals surface area contributed by atoms with E-state index in [0.717, 1.165) is 66.7 Å². The molecule has 11 bridgehead atoms. The number of rotatable bonds is 20. The molecule has 0 spiro atoms. The Balaban J connectivity index is 1.21. The van der Waals surface area contributed by atoms with Crippen molar-refractivity contribution in [3.05, 3.63) is 117 Å². The number of amides is 5. The summed E-state index contributed by atoms with van der Waals surface area (Å²) < 4.78 is 44.7. The van der Waals surface area contributed by atoms with E-state index in [1.165, 1.54) is 19.1 Å². The van der Waals surface area contributed by atoms with Gasteiger partial charge in [-0.2, -0.15) is 0 Å². The van der Waals surface area contributed by atoms with Crippen LogP contribution in [0.1, 0.15) is 145 Å². The molecule has 18 N–H and O–H groups in total. The molecule has 5 amide bonds. The molecule has 5 aromatic rings. The largest absolute Gasteiger partial charge is 0.508 e. The number of carboxylic acids is 2. The Morgan fingerprint density at radius 1 is 0.736 bits per heavy atom. The van der Waals surface area contributed by atoms with Crippen molar-refractivity contribution < 1.29 is 132 Å². The number of carbonyl (C=O) groups excluding carboxylic acids is 7. The van der Waals surface area contributed by atoms with E-state index in [1.54, 1.807) is 13.8 Å². The van der Waals surface area contributed by atoms with Crippen molar-refractivity contribution in [2.45, 2.75) is 190 Å². The number of hydrogen-bond donors (Lipinski definition) is 17. The predicted molar refractivity (Wildman–Crippen MR) is 384 cm³/mol. The number of aliphatic carboxylic acids is 2. The molecule has 35 heteroatoms. The number of phenolic OH excluding ortho intramolecular Hbond substituents is 3. The third kappa shape index (κ3) is 18.5. The SMILES string of the molecule is CCCCOC(CNC1(C)CC(OC2C(Oc3c4cc5cc3Oc3ccc(cc3Cl)[C@@H](O)[C@@H]3NC(=O)C(CC(=O)C5NC(=O)C(CC(N)=O)CC(=O)[C@@H](NC(=O)[C@H](C)CC(C)C)C(O)c5ccc(c(Cl)c5)O4)c4ccc(O)c(c4)-c4c(O)cc(O)cc4C(C(=O)O)NC3=O)OC(CO)C(O)C2O)OC(C)C1O)C(=O)O. The molecule has 0 aliphatic carbocycles. The molecule has 2 saturated heterocycles. The topological polar surface area (TPSA) is 527 Å². The van der Waals surface area contributed by atoms with Crippen LogP contribution in [0.25, 0.3) is 11.1 Å². The van der Waals surface area contributed by atoms with Gasteiger partial charge in [-0.3, -0.25) is 33.6 Å². The van der Waals surface area contributed by atoms with Crippen LogP contribution in [-0.4, -0.2) is 202 Å². The monoisotopic (exact) mass is 1570 g/mol. The zero-order chi connectivity index (χ0) is 80.2. The fourth-order valence-electron chi connectivity index (χ4n) is 14.1. The zero-order valence-corrected chi connectivity index (χ0v) is 61.8. The first-order valence-electron chi connectivity index (χ1n) is 35.5. The number of fused-ring (bicyclic) bond motifs is 15. The number of unbranched alkanes of at least 4 members (excludes halogenated alkanes) is 1. The molecule has 33 nitrogen and oxygen atoms in total. The maximum atomic E-state index is 16.3. The Morgan fingerprint density at radius 2 is 1.38 bits per heavy atom. The quantitative estimate of drug-likeness (QED) is 0.0489. The van der Waals surface area contributed by atoms with Gasteiger partial charge in [-0.25, -0.2) is 9.59 Å². The average molecular weight is 1580 g/mol. The van der Waals surface area contributed by atoms with Crippen LogP contribution in [0.4, 0.5) is 0 Å². The number of aromatic hydroxyl groups is 3. The average Bonchev–Trinajstić information content (AvgIpc) is 0.768. The maximum Gasteiger partial charge on any atom is 0.334 e. The highest BCUT2D eigenvalue weighted by Crippen LogP contribution is 2.50. The summed E-state index contributed by atoms with van der Waals surface area (Å²) in [5.74, 6) is -20.8. The van der Waals surface area contributed by atoms with E-state index < -0.39 is 261 Å². The van der Waals surface area contributed by atoms with E-state index in [1.807, 2.05) is 20.8 Å². The Hall–Kier alpha value is -9.33. The summed E-state index contributed by atoms with van der Waals surface area (Å²) in [5, 5.41) is 138. The van der Waals surface area contributed by atoms with Crippen molar-refractivity contribution in [2.24, 2.45) is 23.5 Å². The second-order valence-electron chi connectivity index (χ2n) is 28.7. The molecule has 12 rings (SSSR count). The highest BCUT2D eigenvalue weighted by atomic mass is 35.5. The summed E-state index contributed by atoms with van der Waals surface area (Å²) in [5.41, 5.74) is 1.79. The maximum absolute atomic E-state index is 16.3. The second-order valence-corrected chi connectivity index (χ2v) is 29.5. The summed E-state index contributed by atoms with van der Waals surface area (Å²) in [6.45, 7) is 8.95. The molecule has 0 radical (unpaired) electrons. The van der Waals surface area contributed by atoms with Gasteiger partial charge in [0.15, 0.2) is 47.6 Å². The molecule has 0 aromatic heterocycles. The van der Waals surface area contributed by atoms with Gasteiger partial charge in [-0.1, -0.05) is 75.5 Å². The Morgan fingerprint density at radius 3 is 1.98 bits per heavy atom. The molecule has 7 heterocycles. The Bertz CT molecular complexity index is 4340. The van der Waals surface area contributed by atoms with Crippen LogP contribution in [0.2, 0.25) is 10.0 Å². The van der Waals surface area contributed by atoms with Gasteiger partial charge in [0.25, 0.3) is 0 Å². The van der Waals surface area contributed by atoms with E-state index in [9.17, 15) is 84.9 Å². The number of carbonyl (C=O) groups is 9. The summed E-state index contributed by atoms with van der Waals surface area (Å²) in [6.07, 6.45) is -21.3. The van der Waals surface area contributed by atoms with E-state index in [-0.39, 0.29) is 53.0 Å². The lowest BCUT2D eigenvalue weighted by atomic mass is 9.84. The summed E-state index contributed by atoms with van der Waals surface area (Å²) in [6, 6.07) is 5.32. The summed E-state index contributed by atoms with van der Waals surface area (Å²) in [7, 11) is 0. The number of primary amides is 1. The van der Waals surface area contributed by atoms with Crippen molar-refractivity contribution in [3.8, 4) is 57.1 Å². The number of phenols is 3. The highest BCUT2D eigenvalue weighted by molar-refractivity contribution is 6.32.